The van der Waals surface area contributed by atoms with Gasteiger partial charge in [-0.1, -0.05) is 13.8 Å². The Morgan fingerprint density at radius 2 is 1.80 bits per heavy atom. The van der Waals surface area contributed by atoms with Crippen LogP contribution in [0.1, 0.15) is 34.1 Å². The summed E-state index contributed by atoms with van der Waals surface area (Å²) in [5.74, 6) is 1.37. The van der Waals surface area contributed by atoms with Gasteiger partial charge >= 0.3 is 0 Å². The second-order valence-electron chi connectivity index (χ2n) is 4.64. The predicted molar refractivity (Wildman–Crippen MR) is 67.7 cm³/mol. The SMILES string of the molecule is CC(C)COCCN(CCCCl)C(C)C. The number of ether oxygens (including phenoxy) is 1. The lowest BCUT2D eigenvalue weighted by Gasteiger charge is -2.26. The minimum Gasteiger partial charge on any atom is -0.380 e. The van der Waals surface area contributed by atoms with Crippen molar-refractivity contribution in [2.24, 2.45) is 5.92 Å². The van der Waals surface area contributed by atoms with E-state index in [0.717, 1.165) is 38.6 Å². The highest BCUT2D eigenvalue weighted by molar-refractivity contribution is 6.17. The quantitative estimate of drug-likeness (QED) is 0.450. The Kier molecular flexibility index (Phi) is 9.57. The van der Waals surface area contributed by atoms with E-state index in [1.807, 2.05) is 0 Å². The van der Waals surface area contributed by atoms with Crippen LogP contribution in [0.15, 0.2) is 0 Å². The van der Waals surface area contributed by atoms with Crippen molar-refractivity contribution in [3.8, 4) is 0 Å². The fourth-order valence-corrected chi connectivity index (χ4v) is 1.51. The van der Waals surface area contributed by atoms with Crippen LogP contribution in [0, 0.1) is 5.92 Å². The second-order valence-corrected chi connectivity index (χ2v) is 5.02. The highest BCUT2D eigenvalue weighted by Crippen LogP contribution is 2.01. The third-order valence-corrected chi connectivity index (χ3v) is 2.55. The molecule has 0 aromatic carbocycles. The molecule has 0 radical (unpaired) electrons. The molecule has 0 heterocycles. The molecule has 0 amide bonds. The molecule has 0 bridgehead atoms. The summed E-state index contributed by atoms with van der Waals surface area (Å²) in [6.45, 7) is 12.6. The van der Waals surface area contributed by atoms with E-state index in [0.29, 0.717) is 12.0 Å². The van der Waals surface area contributed by atoms with Crippen molar-refractivity contribution in [2.75, 3.05) is 32.2 Å². The van der Waals surface area contributed by atoms with Gasteiger partial charge in [0.2, 0.25) is 0 Å². The molecule has 0 aromatic rings. The van der Waals surface area contributed by atoms with Gasteiger partial charge in [-0.3, -0.25) is 4.90 Å². The Bertz CT molecular complexity index is 140. The third-order valence-electron chi connectivity index (χ3n) is 2.28. The largest absolute Gasteiger partial charge is 0.380 e. The van der Waals surface area contributed by atoms with Crippen LogP contribution in [0.5, 0.6) is 0 Å². The summed E-state index contributed by atoms with van der Waals surface area (Å²) >= 11 is 5.70. The van der Waals surface area contributed by atoms with Gasteiger partial charge in [-0.2, -0.15) is 0 Å². The molecular weight excluding hydrogens is 210 g/mol. The molecule has 15 heavy (non-hydrogen) atoms. The van der Waals surface area contributed by atoms with Crippen molar-refractivity contribution >= 4 is 11.6 Å². The Labute approximate surface area is 99.9 Å². The first kappa shape index (κ1) is 15.2. The van der Waals surface area contributed by atoms with E-state index in [1.54, 1.807) is 0 Å². The lowest BCUT2D eigenvalue weighted by molar-refractivity contribution is 0.0768. The molecule has 0 unspecified atom stereocenters. The molecule has 0 rings (SSSR count). The van der Waals surface area contributed by atoms with Crippen LogP contribution in [-0.4, -0.2) is 43.1 Å². The normalized spacial score (nSPS) is 12.0. The van der Waals surface area contributed by atoms with E-state index in [4.69, 9.17) is 16.3 Å². The molecule has 92 valence electrons. The molecule has 0 aliphatic heterocycles. The van der Waals surface area contributed by atoms with Crippen molar-refractivity contribution in [1.29, 1.82) is 0 Å². The number of hydrogen-bond acceptors (Lipinski definition) is 2. The van der Waals surface area contributed by atoms with Gasteiger partial charge in [0, 0.05) is 25.1 Å². The summed E-state index contributed by atoms with van der Waals surface area (Å²) in [4.78, 5) is 2.42. The molecule has 3 heteroatoms. The molecule has 2 nitrogen and oxygen atoms in total. The molecule has 0 aromatic heterocycles. The van der Waals surface area contributed by atoms with E-state index < -0.39 is 0 Å². The summed E-state index contributed by atoms with van der Waals surface area (Å²) in [5, 5.41) is 0. The molecule has 0 saturated carbocycles. The minimum atomic E-state index is 0.580. The Morgan fingerprint density at radius 3 is 2.27 bits per heavy atom. The van der Waals surface area contributed by atoms with Gasteiger partial charge in [-0.05, 0) is 32.7 Å². The van der Waals surface area contributed by atoms with Crippen LogP contribution in [0.4, 0.5) is 0 Å². The maximum Gasteiger partial charge on any atom is 0.0593 e. The average molecular weight is 236 g/mol. The van der Waals surface area contributed by atoms with Crippen molar-refractivity contribution in [1.82, 2.24) is 4.90 Å². The van der Waals surface area contributed by atoms with Crippen LogP contribution in [0.3, 0.4) is 0 Å². The molecular formula is C12H26ClNO. The van der Waals surface area contributed by atoms with Crippen LogP contribution in [0.25, 0.3) is 0 Å². The molecule has 0 spiro atoms. The topological polar surface area (TPSA) is 12.5 Å². The molecule has 0 atom stereocenters. The fraction of sp³-hybridized carbons (Fsp3) is 1.00. The first-order chi connectivity index (χ1) is 7.07. The highest BCUT2D eigenvalue weighted by atomic mass is 35.5. The van der Waals surface area contributed by atoms with Gasteiger partial charge in [-0.25, -0.2) is 0 Å². The van der Waals surface area contributed by atoms with Crippen molar-refractivity contribution < 1.29 is 4.74 Å². The maximum atomic E-state index is 5.70. The zero-order chi connectivity index (χ0) is 11.7. The van der Waals surface area contributed by atoms with E-state index in [9.17, 15) is 0 Å². The van der Waals surface area contributed by atoms with Gasteiger partial charge in [0.05, 0.1) is 6.61 Å². The summed E-state index contributed by atoms with van der Waals surface area (Å²) in [6, 6.07) is 0.580. The number of hydrogen-bond donors (Lipinski definition) is 0. The highest BCUT2D eigenvalue weighted by Gasteiger charge is 2.08. The van der Waals surface area contributed by atoms with Gasteiger partial charge < -0.3 is 4.74 Å². The molecule has 0 aliphatic carbocycles. The van der Waals surface area contributed by atoms with Crippen molar-refractivity contribution in [3.05, 3.63) is 0 Å². The summed E-state index contributed by atoms with van der Waals surface area (Å²) in [6.07, 6.45) is 1.06. The minimum absolute atomic E-state index is 0.580. The monoisotopic (exact) mass is 235 g/mol. The first-order valence-corrected chi connectivity index (χ1v) is 6.49. The standard InChI is InChI=1S/C12H26ClNO/c1-11(2)10-15-9-8-14(12(3)4)7-5-6-13/h11-12H,5-10H2,1-4H3. The van der Waals surface area contributed by atoms with E-state index in [2.05, 4.69) is 32.6 Å². The van der Waals surface area contributed by atoms with E-state index in [1.165, 1.54) is 0 Å². The number of rotatable bonds is 9. The van der Waals surface area contributed by atoms with Gasteiger partial charge in [0.15, 0.2) is 0 Å². The number of nitrogens with zero attached hydrogens (tertiary/aromatic N) is 1. The fourth-order valence-electron chi connectivity index (χ4n) is 1.39. The predicted octanol–water partition coefficient (Wildman–Crippen LogP) is 3.00. The third kappa shape index (κ3) is 9.16. The van der Waals surface area contributed by atoms with E-state index in [-0.39, 0.29) is 0 Å². The van der Waals surface area contributed by atoms with Gasteiger partial charge in [0.25, 0.3) is 0 Å². The second kappa shape index (κ2) is 9.44. The Hall–Kier alpha value is 0.210. The van der Waals surface area contributed by atoms with Crippen LogP contribution < -0.4 is 0 Å². The lowest BCUT2D eigenvalue weighted by atomic mass is 10.2. The van der Waals surface area contributed by atoms with Crippen LogP contribution in [0.2, 0.25) is 0 Å². The summed E-state index contributed by atoms with van der Waals surface area (Å²) in [7, 11) is 0. The number of alkyl halides is 1. The maximum absolute atomic E-state index is 5.70. The Balaban J connectivity index is 3.57. The van der Waals surface area contributed by atoms with Crippen molar-refractivity contribution in [3.63, 3.8) is 0 Å². The molecule has 0 N–H and O–H groups in total. The van der Waals surface area contributed by atoms with E-state index >= 15 is 0 Å². The van der Waals surface area contributed by atoms with Gasteiger partial charge in [-0.15, -0.1) is 11.6 Å². The van der Waals surface area contributed by atoms with Gasteiger partial charge in [0.1, 0.15) is 0 Å². The first-order valence-electron chi connectivity index (χ1n) is 5.95. The molecule has 0 saturated heterocycles. The van der Waals surface area contributed by atoms with Crippen LogP contribution in [-0.2, 0) is 4.74 Å². The smallest absolute Gasteiger partial charge is 0.0593 e. The Morgan fingerprint density at radius 1 is 1.13 bits per heavy atom. The lowest BCUT2D eigenvalue weighted by Crippen LogP contribution is -2.35. The summed E-state index contributed by atoms with van der Waals surface area (Å²) < 4.78 is 5.58. The molecule has 0 aliphatic rings. The zero-order valence-electron chi connectivity index (χ0n) is 10.6. The average Bonchev–Trinajstić information content (AvgIpc) is 2.15. The van der Waals surface area contributed by atoms with Crippen molar-refractivity contribution in [2.45, 2.75) is 40.2 Å². The molecule has 0 fully saturated rings. The number of halogens is 1. The summed E-state index contributed by atoms with van der Waals surface area (Å²) in [5.41, 5.74) is 0. The zero-order valence-corrected chi connectivity index (χ0v) is 11.4. The van der Waals surface area contributed by atoms with Crippen LogP contribution >= 0.6 is 11.6 Å².